The molecular weight excluding hydrogens is 255 g/mol. The molecule has 0 saturated carbocycles. The predicted molar refractivity (Wildman–Crippen MR) is 70.8 cm³/mol. The van der Waals surface area contributed by atoms with E-state index in [4.69, 9.17) is 27.9 Å². The predicted octanol–water partition coefficient (Wildman–Crippen LogP) is 4.15. The average Bonchev–Trinajstić information content (AvgIpc) is 3.14. The summed E-state index contributed by atoms with van der Waals surface area (Å²) in [6.07, 6.45) is 9.64. The summed E-state index contributed by atoms with van der Waals surface area (Å²) in [7, 11) is 0. The van der Waals surface area contributed by atoms with E-state index in [-0.39, 0.29) is 11.5 Å². The van der Waals surface area contributed by atoms with Crippen molar-refractivity contribution in [2.75, 3.05) is 6.61 Å². The van der Waals surface area contributed by atoms with Crippen molar-refractivity contribution in [1.82, 2.24) is 0 Å². The maximum Gasteiger partial charge on any atom is 0.0944 e. The Balaban J connectivity index is 2.10. The van der Waals surface area contributed by atoms with Gasteiger partial charge in [-0.1, -0.05) is 53.6 Å². The fourth-order valence-electron chi connectivity index (χ4n) is 2.46. The third kappa shape index (κ3) is 1.93. The first-order valence-corrected chi connectivity index (χ1v) is 6.39. The molecule has 17 heavy (non-hydrogen) atoms. The highest BCUT2D eigenvalue weighted by atomic mass is 35.5. The van der Waals surface area contributed by atoms with Gasteiger partial charge in [-0.3, -0.25) is 0 Å². The molecule has 1 aromatic rings. The van der Waals surface area contributed by atoms with E-state index < -0.39 is 0 Å². The minimum Gasteiger partial charge on any atom is -0.372 e. The molecule has 3 heteroatoms. The summed E-state index contributed by atoms with van der Waals surface area (Å²) in [4.78, 5) is 0. The number of epoxide rings is 1. The summed E-state index contributed by atoms with van der Waals surface area (Å²) >= 11 is 12.3. The third-order valence-corrected chi connectivity index (χ3v) is 3.98. The van der Waals surface area contributed by atoms with Crippen LogP contribution in [0.15, 0.2) is 42.5 Å². The molecule has 0 bridgehead atoms. The van der Waals surface area contributed by atoms with Crippen LogP contribution in [0.4, 0.5) is 0 Å². The molecule has 1 unspecified atom stereocenters. The fourth-order valence-corrected chi connectivity index (χ4v) is 3.05. The molecule has 0 radical (unpaired) electrons. The second-order valence-corrected chi connectivity index (χ2v) is 5.32. The summed E-state index contributed by atoms with van der Waals surface area (Å²) in [5.74, 6) is 0. The largest absolute Gasteiger partial charge is 0.372 e. The zero-order chi connectivity index (χ0) is 11.9. The Kier molecular flexibility index (Phi) is 2.78. The molecular formula is C14H12Cl2O. The first-order chi connectivity index (χ1) is 8.22. The van der Waals surface area contributed by atoms with E-state index in [1.54, 1.807) is 6.07 Å². The number of hydrogen-bond acceptors (Lipinski definition) is 1. The van der Waals surface area contributed by atoms with E-state index in [1.807, 2.05) is 12.1 Å². The molecule has 2 aliphatic rings. The fraction of sp³-hybridized carbons (Fsp3) is 0.286. The van der Waals surface area contributed by atoms with Crippen LogP contribution in [-0.2, 0) is 10.2 Å². The van der Waals surface area contributed by atoms with Gasteiger partial charge in [0.25, 0.3) is 0 Å². The summed E-state index contributed by atoms with van der Waals surface area (Å²) in [6, 6.07) is 5.70. The van der Waals surface area contributed by atoms with Crippen molar-refractivity contribution in [3.05, 3.63) is 58.1 Å². The van der Waals surface area contributed by atoms with Crippen LogP contribution in [0.1, 0.15) is 12.0 Å². The summed E-state index contributed by atoms with van der Waals surface area (Å²) in [5, 5.41) is 1.38. The van der Waals surface area contributed by atoms with Gasteiger partial charge >= 0.3 is 0 Å². The molecule has 1 fully saturated rings. The van der Waals surface area contributed by atoms with Gasteiger partial charge < -0.3 is 4.74 Å². The molecule has 0 spiro atoms. The summed E-state index contributed by atoms with van der Waals surface area (Å²) < 4.78 is 5.51. The number of ether oxygens (including phenoxy) is 1. The molecule has 1 aromatic carbocycles. The molecule has 0 N–H and O–H groups in total. The van der Waals surface area contributed by atoms with Crippen LogP contribution in [0.5, 0.6) is 0 Å². The molecule has 88 valence electrons. The Morgan fingerprint density at radius 1 is 1.24 bits per heavy atom. The minimum absolute atomic E-state index is 0.115. The lowest BCUT2D eigenvalue weighted by Crippen LogP contribution is -2.31. The van der Waals surface area contributed by atoms with Crippen molar-refractivity contribution in [2.24, 2.45) is 0 Å². The Morgan fingerprint density at radius 2 is 2.06 bits per heavy atom. The topological polar surface area (TPSA) is 12.5 Å². The molecule has 1 nitrogen and oxygen atoms in total. The summed E-state index contributed by atoms with van der Waals surface area (Å²) in [6.45, 7) is 0.803. The molecule has 2 atom stereocenters. The maximum absolute atomic E-state index is 6.33. The molecule has 0 amide bonds. The number of allylic oxidation sites excluding steroid dienone is 3. The zero-order valence-electron chi connectivity index (χ0n) is 9.20. The van der Waals surface area contributed by atoms with Gasteiger partial charge in [0, 0.05) is 15.5 Å². The third-order valence-electron chi connectivity index (χ3n) is 3.44. The Morgan fingerprint density at radius 3 is 2.65 bits per heavy atom. The molecule has 0 aromatic heterocycles. The van der Waals surface area contributed by atoms with E-state index in [0.717, 1.165) is 18.6 Å². The van der Waals surface area contributed by atoms with E-state index in [1.165, 1.54) is 0 Å². The highest BCUT2D eigenvalue weighted by Crippen LogP contribution is 2.45. The number of rotatable bonds is 2. The van der Waals surface area contributed by atoms with Crippen LogP contribution in [-0.4, -0.2) is 12.7 Å². The van der Waals surface area contributed by atoms with Crippen molar-refractivity contribution in [2.45, 2.75) is 17.9 Å². The highest BCUT2D eigenvalue weighted by Gasteiger charge is 2.47. The molecule has 3 rings (SSSR count). The van der Waals surface area contributed by atoms with Gasteiger partial charge in [0.05, 0.1) is 12.7 Å². The lowest BCUT2D eigenvalue weighted by molar-refractivity contribution is 0.326. The maximum atomic E-state index is 6.33. The smallest absolute Gasteiger partial charge is 0.0944 e. The summed E-state index contributed by atoms with van der Waals surface area (Å²) in [5.41, 5.74) is 0.989. The Bertz CT molecular complexity index is 503. The normalized spacial score (nSPS) is 30.6. The quantitative estimate of drug-likeness (QED) is 0.733. The van der Waals surface area contributed by atoms with Crippen molar-refractivity contribution in [1.29, 1.82) is 0 Å². The van der Waals surface area contributed by atoms with Gasteiger partial charge in [-0.05, 0) is 24.1 Å². The molecule has 1 saturated heterocycles. The minimum atomic E-state index is -0.115. The van der Waals surface area contributed by atoms with E-state index in [0.29, 0.717) is 10.0 Å². The highest BCUT2D eigenvalue weighted by molar-refractivity contribution is 6.35. The second-order valence-electron chi connectivity index (χ2n) is 4.48. The monoisotopic (exact) mass is 266 g/mol. The van der Waals surface area contributed by atoms with Gasteiger partial charge in [0.1, 0.15) is 0 Å². The van der Waals surface area contributed by atoms with Gasteiger partial charge in [0.2, 0.25) is 0 Å². The van der Waals surface area contributed by atoms with Crippen molar-refractivity contribution in [3.63, 3.8) is 0 Å². The molecule has 1 aliphatic carbocycles. The second kappa shape index (κ2) is 4.16. The van der Waals surface area contributed by atoms with Gasteiger partial charge in [-0.2, -0.15) is 0 Å². The van der Waals surface area contributed by atoms with Gasteiger partial charge in [-0.25, -0.2) is 0 Å². The van der Waals surface area contributed by atoms with Crippen LogP contribution in [0.3, 0.4) is 0 Å². The van der Waals surface area contributed by atoms with Crippen molar-refractivity contribution in [3.8, 4) is 0 Å². The lowest BCUT2D eigenvalue weighted by Gasteiger charge is -2.31. The van der Waals surface area contributed by atoms with Crippen molar-refractivity contribution < 1.29 is 4.74 Å². The van der Waals surface area contributed by atoms with E-state index in [2.05, 4.69) is 24.3 Å². The van der Waals surface area contributed by atoms with Crippen molar-refractivity contribution >= 4 is 23.2 Å². The van der Waals surface area contributed by atoms with E-state index >= 15 is 0 Å². The van der Waals surface area contributed by atoms with Crippen LogP contribution < -0.4 is 0 Å². The average molecular weight is 267 g/mol. The van der Waals surface area contributed by atoms with Crippen LogP contribution in [0, 0.1) is 0 Å². The van der Waals surface area contributed by atoms with Crippen LogP contribution in [0.2, 0.25) is 10.0 Å². The van der Waals surface area contributed by atoms with Crippen LogP contribution >= 0.6 is 23.2 Å². The Hall–Kier alpha value is -0.760. The van der Waals surface area contributed by atoms with Gasteiger partial charge in [0.15, 0.2) is 0 Å². The first-order valence-electron chi connectivity index (χ1n) is 5.64. The van der Waals surface area contributed by atoms with E-state index in [9.17, 15) is 0 Å². The first kappa shape index (κ1) is 11.3. The SMILES string of the molecule is Clc1ccc(C2([C@@H]3CO3)C=CC=CC2)c(Cl)c1. The molecule has 1 heterocycles. The zero-order valence-corrected chi connectivity index (χ0v) is 10.7. The molecule has 1 aliphatic heterocycles. The number of hydrogen-bond donors (Lipinski definition) is 0. The van der Waals surface area contributed by atoms with Crippen LogP contribution in [0.25, 0.3) is 0 Å². The Labute approximate surface area is 111 Å². The van der Waals surface area contributed by atoms with Gasteiger partial charge in [-0.15, -0.1) is 0 Å². The lowest BCUT2D eigenvalue weighted by atomic mass is 9.73. The number of halogens is 2. The number of benzene rings is 1. The standard InChI is InChI=1S/C14H12Cl2O/c15-10-4-5-11(12(16)8-10)14(13-9-17-13)6-2-1-3-7-14/h1-6,8,13H,7,9H2/t13-,14?/m0/s1.